The number of rotatable bonds is 5. The predicted octanol–water partition coefficient (Wildman–Crippen LogP) is 0.194. The average Bonchev–Trinajstić information content (AvgIpc) is 3.07. The second-order valence-electron chi connectivity index (χ2n) is 4.87. The summed E-state index contributed by atoms with van der Waals surface area (Å²) in [7, 11) is 0. The molecule has 1 saturated heterocycles. The number of nitrogens with one attached hydrogen (secondary N) is 1. The molecule has 0 saturated carbocycles. The third-order valence-electron chi connectivity index (χ3n) is 3.38. The van der Waals surface area contributed by atoms with Crippen LogP contribution in [0.2, 0.25) is 0 Å². The molecule has 2 aromatic heterocycles. The normalized spacial score (nSPS) is 15.6. The third-order valence-corrected chi connectivity index (χ3v) is 3.38. The van der Waals surface area contributed by atoms with E-state index >= 15 is 0 Å². The van der Waals surface area contributed by atoms with Crippen LogP contribution >= 0.6 is 0 Å². The van der Waals surface area contributed by atoms with Crippen molar-refractivity contribution in [3.63, 3.8) is 0 Å². The molecule has 0 atom stereocenters. The summed E-state index contributed by atoms with van der Waals surface area (Å²) in [6.07, 6.45) is 3.27. The Labute approximate surface area is 127 Å². The van der Waals surface area contributed by atoms with Gasteiger partial charge in [-0.1, -0.05) is 5.16 Å². The van der Waals surface area contributed by atoms with Gasteiger partial charge in [-0.2, -0.15) is 4.98 Å². The minimum absolute atomic E-state index is 0.0335. The van der Waals surface area contributed by atoms with Gasteiger partial charge in [0.2, 0.25) is 5.82 Å². The Bertz CT molecular complexity index is 610. The lowest BCUT2D eigenvalue weighted by Gasteiger charge is -2.26. The molecule has 1 amide bonds. The van der Waals surface area contributed by atoms with Crippen LogP contribution in [-0.2, 0) is 4.74 Å². The highest BCUT2D eigenvalue weighted by atomic mass is 16.5. The topological polar surface area (TPSA) is 93.4 Å². The van der Waals surface area contributed by atoms with Crippen LogP contribution in [0.3, 0.4) is 0 Å². The zero-order valence-corrected chi connectivity index (χ0v) is 12.1. The molecular weight excluding hydrogens is 286 g/mol. The molecular formula is C14H17N5O3. The quantitative estimate of drug-likeness (QED) is 0.843. The summed E-state index contributed by atoms with van der Waals surface area (Å²) in [6.45, 7) is 4.58. The van der Waals surface area contributed by atoms with Crippen molar-refractivity contribution in [1.29, 1.82) is 0 Å². The molecule has 8 heteroatoms. The van der Waals surface area contributed by atoms with Gasteiger partial charge in [-0.05, 0) is 12.1 Å². The van der Waals surface area contributed by atoms with Gasteiger partial charge < -0.3 is 14.6 Å². The first kappa shape index (κ1) is 14.6. The first-order valence-corrected chi connectivity index (χ1v) is 7.15. The fraction of sp³-hybridized carbons (Fsp3) is 0.429. The molecule has 3 heterocycles. The number of morpholine rings is 1. The third kappa shape index (κ3) is 3.66. The van der Waals surface area contributed by atoms with Crippen molar-refractivity contribution in [1.82, 2.24) is 25.3 Å². The zero-order valence-electron chi connectivity index (χ0n) is 12.1. The fourth-order valence-corrected chi connectivity index (χ4v) is 2.16. The Hall–Kier alpha value is -2.32. The number of amides is 1. The molecule has 0 radical (unpaired) electrons. The number of hydrogen-bond acceptors (Lipinski definition) is 7. The molecule has 1 aliphatic rings. The molecule has 3 rings (SSSR count). The largest absolute Gasteiger partial charge is 0.379 e. The zero-order chi connectivity index (χ0) is 15.2. The molecule has 0 aromatic carbocycles. The van der Waals surface area contributed by atoms with E-state index in [1.165, 1.54) is 0 Å². The van der Waals surface area contributed by atoms with Gasteiger partial charge in [-0.3, -0.25) is 14.7 Å². The lowest BCUT2D eigenvalue weighted by molar-refractivity contribution is 0.0382. The molecule has 0 bridgehead atoms. The summed E-state index contributed by atoms with van der Waals surface area (Å²) in [5.41, 5.74) is 0.756. The van der Waals surface area contributed by atoms with Crippen molar-refractivity contribution in [2.24, 2.45) is 0 Å². The Morgan fingerprint density at radius 3 is 2.82 bits per heavy atom. The first-order chi connectivity index (χ1) is 10.8. The van der Waals surface area contributed by atoms with Crippen molar-refractivity contribution < 1.29 is 14.1 Å². The van der Waals surface area contributed by atoms with Gasteiger partial charge in [0.05, 0.1) is 13.2 Å². The van der Waals surface area contributed by atoms with E-state index in [-0.39, 0.29) is 11.8 Å². The number of aromatic nitrogens is 3. The van der Waals surface area contributed by atoms with Crippen molar-refractivity contribution in [3.8, 4) is 11.4 Å². The standard InChI is InChI=1S/C14H17N5O3/c20-13(16-5-6-19-7-9-21-10-8-19)14-17-12(18-22-14)11-1-3-15-4-2-11/h1-4H,5-10H2,(H,16,20). The summed E-state index contributed by atoms with van der Waals surface area (Å²) in [5.74, 6) is -0.0180. The van der Waals surface area contributed by atoms with E-state index in [9.17, 15) is 4.79 Å². The van der Waals surface area contributed by atoms with Gasteiger partial charge in [0.15, 0.2) is 0 Å². The molecule has 1 fully saturated rings. The van der Waals surface area contributed by atoms with E-state index < -0.39 is 0 Å². The van der Waals surface area contributed by atoms with E-state index in [4.69, 9.17) is 9.26 Å². The molecule has 0 aliphatic carbocycles. The van der Waals surface area contributed by atoms with Crippen LogP contribution in [0.15, 0.2) is 29.0 Å². The summed E-state index contributed by atoms with van der Waals surface area (Å²) in [6, 6.07) is 3.51. The fourth-order valence-electron chi connectivity index (χ4n) is 2.16. The van der Waals surface area contributed by atoms with Crippen LogP contribution in [0, 0.1) is 0 Å². The molecule has 22 heavy (non-hydrogen) atoms. The molecule has 116 valence electrons. The van der Waals surface area contributed by atoms with Crippen molar-refractivity contribution in [2.45, 2.75) is 0 Å². The predicted molar refractivity (Wildman–Crippen MR) is 77.1 cm³/mol. The van der Waals surface area contributed by atoms with Gasteiger partial charge in [0, 0.05) is 44.1 Å². The summed E-state index contributed by atoms with van der Waals surface area (Å²) in [4.78, 5) is 22.2. The molecule has 1 N–H and O–H groups in total. The number of pyridine rings is 1. The van der Waals surface area contributed by atoms with E-state index in [1.807, 2.05) is 0 Å². The monoisotopic (exact) mass is 303 g/mol. The highest BCUT2D eigenvalue weighted by Crippen LogP contribution is 2.13. The van der Waals surface area contributed by atoms with Crippen molar-refractivity contribution in [3.05, 3.63) is 30.4 Å². The highest BCUT2D eigenvalue weighted by Gasteiger charge is 2.16. The number of carbonyl (C=O) groups excluding carboxylic acids is 1. The van der Waals surface area contributed by atoms with Crippen LogP contribution in [0.4, 0.5) is 0 Å². The maximum Gasteiger partial charge on any atom is 0.316 e. The SMILES string of the molecule is O=C(NCCN1CCOCC1)c1nc(-c2ccncc2)no1. The van der Waals surface area contributed by atoms with Gasteiger partial charge >= 0.3 is 11.8 Å². The molecule has 1 aliphatic heterocycles. The van der Waals surface area contributed by atoms with Crippen LogP contribution in [-0.4, -0.2) is 65.3 Å². The maximum atomic E-state index is 12.0. The van der Waals surface area contributed by atoms with E-state index in [0.29, 0.717) is 12.4 Å². The highest BCUT2D eigenvalue weighted by molar-refractivity contribution is 5.89. The van der Waals surface area contributed by atoms with Gasteiger partial charge in [0.25, 0.3) is 0 Å². The number of ether oxygens (including phenoxy) is 1. The molecule has 0 spiro atoms. The Kier molecular flexibility index (Phi) is 4.71. The van der Waals surface area contributed by atoms with Crippen molar-refractivity contribution >= 4 is 5.91 Å². The minimum atomic E-state index is -0.360. The summed E-state index contributed by atoms with van der Waals surface area (Å²) < 4.78 is 10.3. The first-order valence-electron chi connectivity index (χ1n) is 7.15. The Balaban J connectivity index is 1.51. The van der Waals surface area contributed by atoms with Crippen LogP contribution < -0.4 is 5.32 Å². The Morgan fingerprint density at radius 2 is 2.05 bits per heavy atom. The van der Waals surface area contributed by atoms with Gasteiger partial charge in [-0.25, -0.2) is 0 Å². The number of carbonyl (C=O) groups is 1. The van der Waals surface area contributed by atoms with Crippen LogP contribution in [0.5, 0.6) is 0 Å². The minimum Gasteiger partial charge on any atom is -0.379 e. The summed E-state index contributed by atoms with van der Waals surface area (Å²) >= 11 is 0. The van der Waals surface area contributed by atoms with Crippen LogP contribution in [0.25, 0.3) is 11.4 Å². The lowest BCUT2D eigenvalue weighted by atomic mass is 10.2. The van der Waals surface area contributed by atoms with E-state index in [2.05, 4.69) is 25.3 Å². The van der Waals surface area contributed by atoms with Crippen LogP contribution in [0.1, 0.15) is 10.7 Å². The van der Waals surface area contributed by atoms with E-state index in [0.717, 1.165) is 38.4 Å². The molecule has 8 nitrogen and oxygen atoms in total. The van der Waals surface area contributed by atoms with Crippen molar-refractivity contribution in [2.75, 3.05) is 39.4 Å². The average molecular weight is 303 g/mol. The van der Waals surface area contributed by atoms with Gasteiger partial charge in [-0.15, -0.1) is 0 Å². The second kappa shape index (κ2) is 7.10. The van der Waals surface area contributed by atoms with E-state index in [1.54, 1.807) is 24.5 Å². The molecule has 0 unspecified atom stereocenters. The van der Waals surface area contributed by atoms with Gasteiger partial charge in [0.1, 0.15) is 0 Å². The second-order valence-corrected chi connectivity index (χ2v) is 4.87. The Morgan fingerprint density at radius 1 is 1.27 bits per heavy atom. The smallest absolute Gasteiger partial charge is 0.316 e. The molecule has 2 aromatic rings. The maximum absolute atomic E-state index is 12.0. The number of nitrogens with zero attached hydrogens (tertiary/aromatic N) is 4. The lowest BCUT2D eigenvalue weighted by Crippen LogP contribution is -2.41. The number of hydrogen-bond donors (Lipinski definition) is 1. The summed E-state index contributed by atoms with van der Waals surface area (Å²) in [5, 5.41) is 6.58.